The summed E-state index contributed by atoms with van der Waals surface area (Å²) in [6, 6.07) is 6.06. The number of ether oxygens (including phenoxy) is 1. The zero-order chi connectivity index (χ0) is 22.8. The first-order valence-corrected chi connectivity index (χ1v) is 9.73. The molecule has 0 radical (unpaired) electrons. The van der Waals surface area contributed by atoms with Gasteiger partial charge in [0.05, 0.1) is 23.8 Å². The van der Waals surface area contributed by atoms with Gasteiger partial charge in [-0.25, -0.2) is 4.39 Å². The van der Waals surface area contributed by atoms with E-state index in [2.05, 4.69) is 22.2 Å². The molecule has 1 unspecified atom stereocenters. The van der Waals surface area contributed by atoms with Crippen LogP contribution < -0.4 is 15.4 Å². The molecule has 0 saturated heterocycles. The van der Waals surface area contributed by atoms with Crippen LogP contribution in [-0.2, 0) is 11.4 Å². The van der Waals surface area contributed by atoms with Crippen LogP contribution in [0.5, 0.6) is 5.75 Å². The number of carbonyl (C=O) groups is 2. The first-order valence-electron chi connectivity index (χ1n) is 9.36. The Morgan fingerprint density at radius 2 is 2.10 bits per heavy atom. The maximum absolute atomic E-state index is 13.4. The fourth-order valence-electron chi connectivity index (χ4n) is 2.56. The molecule has 0 aliphatic carbocycles. The predicted octanol–water partition coefficient (Wildman–Crippen LogP) is 1.60. The third-order valence-corrected chi connectivity index (χ3v) is 4.53. The fourth-order valence-corrected chi connectivity index (χ4v) is 2.67. The second-order valence-corrected chi connectivity index (χ2v) is 6.92. The van der Waals surface area contributed by atoms with Crippen LogP contribution in [0.15, 0.2) is 49.2 Å². The first kappa shape index (κ1) is 24.3. The number of carbonyl (C=O) groups excluding carboxylic acids is 2. The van der Waals surface area contributed by atoms with E-state index in [1.54, 1.807) is 6.07 Å². The number of pyridine rings is 1. The van der Waals surface area contributed by atoms with Gasteiger partial charge < -0.3 is 25.6 Å². The number of rotatable bonds is 11. The molecule has 1 aromatic carbocycles. The lowest BCUT2D eigenvalue weighted by molar-refractivity contribution is -0.124. The Bertz CT molecular complexity index is 928. The van der Waals surface area contributed by atoms with E-state index in [4.69, 9.17) is 21.4 Å². The molecular formula is C21H23ClFN3O5. The monoisotopic (exact) mass is 451 g/mol. The fraction of sp³-hybridized carbons (Fsp3) is 0.286. The van der Waals surface area contributed by atoms with Gasteiger partial charge in [-0.05, 0) is 36.2 Å². The molecule has 2 atom stereocenters. The zero-order valence-corrected chi connectivity index (χ0v) is 17.3. The van der Waals surface area contributed by atoms with Gasteiger partial charge in [0.15, 0.2) is 6.61 Å². The molecule has 4 N–H and O–H groups in total. The summed E-state index contributed by atoms with van der Waals surface area (Å²) in [6.07, 6.45) is 1.88. The van der Waals surface area contributed by atoms with Crippen LogP contribution in [-0.4, -0.2) is 52.3 Å². The van der Waals surface area contributed by atoms with Crippen molar-refractivity contribution in [2.75, 3.05) is 13.2 Å². The number of nitrogens with one attached hydrogen (secondary N) is 2. The van der Waals surface area contributed by atoms with E-state index < -0.39 is 36.4 Å². The van der Waals surface area contributed by atoms with Crippen LogP contribution in [0.25, 0.3) is 0 Å². The minimum absolute atomic E-state index is 0.0596. The Kier molecular flexibility index (Phi) is 9.39. The molecule has 1 aromatic heterocycles. The van der Waals surface area contributed by atoms with Crippen LogP contribution >= 0.6 is 11.6 Å². The van der Waals surface area contributed by atoms with Gasteiger partial charge in [0.25, 0.3) is 11.8 Å². The van der Waals surface area contributed by atoms with Crippen molar-refractivity contribution in [3.8, 4) is 5.75 Å². The second-order valence-electron chi connectivity index (χ2n) is 6.51. The van der Waals surface area contributed by atoms with Crippen molar-refractivity contribution in [1.82, 2.24) is 15.6 Å². The Balaban J connectivity index is 1.77. The summed E-state index contributed by atoms with van der Waals surface area (Å²) in [7, 11) is 0. The van der Waals surface area contributed by atoms with Gasteiger partial charge in [0, 0.05) is 18.8 Å². The molecule has 0 aliphatic rings. The Morgan fingerprint density at radius 3 is 2.77 bits per heavy atom. The minimum atomic E-state index is -1.02. The van der Waals surface area contributed by atoms with Crippen LogP contribution in [0.1, 0.15) is 22.5 Å². The standard InChI is InChI=1S/C21H23ClFN3O5/c1-2-17(26-20(29)12-31-14-3-4-15(22)16(23)10-14)19(28)6-8-25-21(30)18-9-13(11-27)5-7-24-18/h2-5,7,9-10,17,19,27-28H,1,6,8,11-12H2,(H,25,30)(H,26,29)/t17?,19-/m0/s1. The molecule has 0 spiro atoms. The maximum Gasteiger partial charge on any atom is 0.269 e. The van der Waals surface area contributed by atoms with Crippen LogP contribution in [0, 0.1) is 5.82 Å². The van der Waals surface area contributed by atoms with E-state index >= 15 is 0 Å². The van der Waals surface area contributed by atoms with Gasteiger partial charge in [-0.1, -0.05) is 17.7 Å². The number of amides is 2. The topological polar surface area (TPSA) is 121 Å². The highest BCUT2D eigenvalue weighted by Gasteiger charge is 2.19. The molecule has 166 valence electrons. The van der Waals surface area contributed by atoms with Crippen molar-refractivity contribution in [3.05, 3.63) is 71.3 Å². The molecule has 0 fully saturated rings. The Labute approximate surface area is 183 Å². The lowest BCUT2D eigenvalue weighted by Crippen LogP contribution is -2.45. The Hall–Kier alpha value is -3.01. The quantitative estimate of drug-likeness (QED) is 0.385. The van der Waals surface area contributed by atoms with E-state index in [0.717, 1.165) is 6.07 Å². The van der Waals surface area contributed by atoms with Gasteiger partial charge in [0.1, 0.15) is 17.3 Å². The van der Waals surface area contributed by atoms with Gasteiger partial charge in [-0.2, -0.15) is 0 Å². The normalized spacial score (nSPS) is 12.5. The number of hydrogen-bond donors (Lipinski definition) is 4. The first-order chi connectivity index (χ1) is 14.8. The predicted molar refractivity (Wildman–Crippen MR) is 112 cm³/mol. The molecule has 2 rings (SSSR count). The summed E-state index contributed by atoms with van der Waals surface area (Å²) in [6.45, 7) is 3.09. The second kappa shape index (κ2) is 12.0. The molecule has 2 amide bonds. The van der Waals surface area contributed by atoms with Gasteiger partial charge in [-0.15, -0.1) is 6.58 Å². The number of nitrogens with zero attached hydrogens (tertiary/aromatic N) is 1. The molecular weight excluding hydrogens is 429 g/mol. The number of aromatic nitrogens is 1. The molecule has 2 aromatic rings. The van der Waals surface area contributed by atoms with Crippen molar-refractivity contribution in [3.63, 3.8) is 0 Å². The number of aliphatic hydroxyl groups excluding tert-OH is 2. The number of hydrogen-bond acceptors (Lipinski definition) is 6. The largest absolute Gasteiger partial charge is 0.484 e. The summed E-state index contributed by atoms with van der Waals surface area (Å²) in [5.74, 6) is -1.53. The zero-order valence-electron chi connectivity index (χ0n) is 16.6. The lowest BCUT2D eigenvalue weighted by Gasteiger charge is -2.21. The summed E-state index contributed by atoms with van der Waals surface area (Å²) >= 11 is 5.59. The SMILES string of the molecule is C=CC(NC(=O)COc1ccc(Cl)c(F)c1)[C@@H](O)CCNC(=O)c1cc(CO)ccn1. The Morgan fingerprint density at radius 1 is 1.32 bits per heavy atom. The number of aliphatic hydroxyl groups is 2. The van der Waals surface area contributed by atoms with E-state index in [-0.39, 0.29) is 36.0 Å². The van der Waals surface area contributed by atoms with Crippen LogP contribution in [0.2, 0.25) is 5.02 Å². The van der Waals surface area contributed by atoms with Crippen molar-refractivity contribution < 1.29 is 28.9 Å². The highest BCUT2D eigenvalue weighted by atomic mass is 35.5. The van der Waals surface area contributed by atoms with Crippen molar-refractivity contribution in [1.29, 1.82) is 0 Å². The van der Waals surface area contributed by atoms with Crippen molar-refractivity contribution in [2.45, 2.75) is 25.2 Å². The molecule has 0 bridgehead atoms. The molecule has 0 aliphatic heterocycles. The average molecular weight is 452 g/mol. The summed E-state index contributed by atoms with van der Waals surface area (Å²) in [5, 5.41) is 24.5. The average Bonchev–Trinajstić information content (AvgIpc) is 2.78. The number of halogens is 2. The lowest BCUT2D eigenvalue weighted by atomic mass is 10.1. The van der Waals surface area contributed by atoms with E-state index in [1.165, 1.54) is 30.5 Å². The molecule has 8 nitrogen and oxygen atoms in total. The van der Waals surface area contributed by atoms with E-state index in [0.29, 0.717) is 5.56 Å². The van der Waals surface area contributed by atoms with Gasteiger partial charge >= 0.3 is 0 Å². The van der Waals surface area contributed by atoms with Crippen molar-refractivity contribution >= 4 is 23.4 Å². The third-order valence-electron chi connectivity index (χ3n) is 4.22. The van der Waals surface area contributed by atoms with Crippen molar-refractivity contribution in [2.24, 2.45) is 0 Å². The van der Waals surface area contributed by atoms with E-state index in [9.17, 15) is 19.1 Å². The van der Waals surface area contributed by atoms with E-state index in [1.807, 2.05) is 0 Å². The van der Waals surface area contributed by atoms with Crippen LogP contribution in [0.4, 0.5) is 4.39 Å². The maximum atomic E-state index is 13.4. The smallest absolute Gasteiger partial charge is 0.269 e. The highest BCUT2D eigenvalue weighted by molar-refractivity contribution is 6.30. The molecule has 0 saturated carbocycles. The molecule has 1 heterocycles. The van der Waals surface area contributed by atoms with Crippen LogP contribution in [0.3, 0.4) is 0 Å². The minimum Gasteiger partial charge on any atom is -0.484 e. The third kappa shape index (κ3) is 7.63. The summed E-state index contributed by atoms with van der Waals surface area (Å²) < 4.78 is 18.6. The molecule has 10 heteroatoms. The number of benzene rings is 1. The summed E-state index contributed by atoms with van der Waals surface area (Å²) in [4.78, 5) is 28.1. The van der Waals surface area contributed by atoms with Gasteiger partial charge in [-0.3, -0.25) is 14.6 Å². The molecule has 31 heavy (non-hydrogen) atoms. The van der Waals surface area contributed by atoms with Gasteiger partial charge in [0.2, 0.25) is 0 Å². The highest BCUT2D eigenvalue weighted by Crippen LogP contribution is 2.20. The summed E-state index contributed by atoms with van der Waals surface area (Å²) in [5.41, 5.74) is 0.698.